The molecular weight excluding hydrogens is 374 g/mol. The Kier molecular flexibility index (Phi) is 6.40. The lowest BCUT2D eigenvalue weighted by molar-refractivity contribution is 0.0752. The molecule has 0 fully saturated rings. The van der Waals surface area contributed by atoms with Crippen LogP contribution in [0.15, 0.2) is 73.1 Å². The van der Waals surface area contributed by atoms with Gasteiger partial charge in [-0.05, 0) is 36.8 Å². The number of carbonyl (C=O) groups excluding carboxylic acids is 2. The van der Waals surface area contributed by atoms with E-state index in [0.717, 1.165) is 5.56 Å². The van der Waals surface area contributed by atoms with Crippen LogP contribution < -0.4 is 5.32 Å². The van der Waals surface area contributed by atoms with Gasteiger partial charge < -0.3 is 10.2 Å². The summed E-state index contributed by atoms with van der Waals surface area (Å²) in [7, 11) is 0. The van der Waals surface area contributed by atoms with E-state index in [2.05, 4.69) is 10.3 Å². The number of halogens is 1. The molecule has 6 heteroatoms. The molecule has 0 radical (unpaired) electrons. The van der Waals surface area contributed by atoms with E-state index in [-0.39, 0.29) is 11.8 Å². The zero-order valence-corrected chi connectivity index (χ0v) is 16.2. The van der Waals surface area contributed by atoms with Crippen molar-refractivity contribution in [3.63, 3.8) is 0 Å². The lowest BCUT2D eigenvalue weighted by atomic mass is 10.1. The summed E-state index contributed by atoms with van der Waals surface area (Å²) in [4.78, 5) is 31.2. The Balaban J connectivity index is 1.75. The molecule has 2 amide bonds. The van der Waals surface area contributed by atoms with Crippen LogP contribution in [0.5, 0.6) is 0 Å². The molecule has 28 heavy (non-hydrogen) atoms. The predicted octanol–water partition coefficient (Wildman–Crippen LogP) is 4.65. The molecule has 0 aliphatic rings. The molecule has 0 unspecified atom stereocenters. The Morgan fingerprint density at radius 2 is 1.75 bits per heavy atom. The summed E-state index contributed by atoms with van der Waals surface area (Å²) < 4.78 is 0. The highest BCUT2D eigenvalue weighted by molar-refractivity contribution is 6.31. The molecule has 1 aromatic heterocycles. The van der Waals surface area contributed by atoms with Crippen LogP contribution in [-0.4, -0.2) is 28.2 Å². The number of aromatic nitrogens is 1. The SMILES string of the molecule is CCN(Cc1ccccc1)C(=O)c1cncc(C(=O)Nc2cccc(Cl)c2)c1. The van der Waals surface area contributed by atoms with Crippen LogP contribution in [0.3, 0.4) is 0 Å². The zero-order chi connectivity index (χ0) is 19.9. The van der Waals surface area contributed by atoms with Crippen molar-refractivity contribution in [3.05, 3.63) is 94.8 Å². The maximum Gasteiger partial charge on any atom is 0.257 e. The summed E-state index contributed by atoms with van der Waals surface area (Å²) in [6.45, 7) is 2.96. The Morgan fingerprint density at radius 1 is 1.00 bits per heavy atom. The van der Waals surface area contributed by atoms with Crippen LogP contribution >= 0.6 is 11.6 Å². The van der Waals surface area contributed by atoms with Crippen molar-refractivity contribution in [2.75, 3.05) is 11.9 Å². The van der Waals surface area contributed by atoms with Crippen LogP contribution in [-0.2, 0) is 6.54 Å². The molecule has 0 aliphatic heterocycles. The number of pyridine rings is 1. The van der Waals surface area contributed by atoms with Crippen LogP contribution in [0.2, 0.25) is 5.02 Å². The lowest BCUT2D eigenvalue weighted by Crippen LogP contribution is -2.30. The number of carbonyl (C=O) groups is 2. The smallest absolute Gasteiger partial charge is 0.257 e. The zero-order valence-electron chi connectivity index (χ0n) is 15.4. The van der Waals surface area contributed by atoms with E-state index >= 15 is 0 Å². The van der Waals surface area contributed by atoms with Gasteiger partial charge in [0.15, 0.2) is 0 Å². The van der Waals surface area contributed by atoms with E-state index < -0.39 is 0 Å². The van der Waals surface area contributed by atoms with Crippen LogP contribution in [0.4, 0.5) is 5.69 Å². The summed E-state index contributed by atoms with van der Waals surface area (Å²) in [5.41, 5.74) is 2.30. The number of nitrogens with one attached hydrogen (secondary N) is 1. The largest absolute Gasteiger partial charge is 0.335 e. The highest BCUT2D eigenvalue weighted by atomic mass is 35.5. The molecule has 0 bridgehead atoms. The number of benzene rings is 2. The second-order valence-corrected chi connectivity index (χ2v) is 6.67. The summed E-state index contributed by atoms with van der Waals surface area (Å²) in [5, 5.41) is 3.29. The van der Waals surface area contributed by atoms with E-state index in [4.69, 9.17) is 11.6 Å². The molecule has 0 atom stereocenters. The fourth-order valence-electron chi connectivity index (χ4n) is 2.76. The predicted molar refractivity (Wildman–Crippen MR) is 110 cm³/mol. The highest BCUT2D eigenvalue weighted by Gasteiger charge is 2.17. The van der Waals surface area contributed by atoms with Gasteiger partial charge in [0.2, 0.25) is 0 Å². The first kappa shape index (κ1) is 19.6. The first-order chi connectivity index (χ1) is 13.6. The molecule has 3 rings (SSSR count). The number of hydrogen-bond acceptors (Lipinski definition) is 3. The minimum absolute atomic E-state index is 0.170. The fourth-order valence-corrected chi connectivity index (χ4v) is 2.95. The number of rotatable bonds is 6. The quantitative estimate of drug-likeness (QED) is 0.663. The van der Waals surface area contributed by atoms with Gasteiger partial charge in [-0.15, -0.1) is 0 Å². The summed E-state index contributed by atoms with van der Waals surface area (Å²) in [6.07, 6.45) is 2.91. The highest BCUT2D eigenvalue weighted by Crippen LogP contribution is 2.16. The van der Waals surface area contributed by atoms with E-state index in [9.17, 15) is 9.59 Å². The number of nitrogens with zero attached hydrogens (tertiary/aromatic N) is 2. The number of amides is 2. The van der Waals surface area contributed by atoms with Crippen molar-refractivity contribution in [3.8, 4) is 0 Å². The molecule has 1 heterocycles. The van der Waals surface area contributed by atoms with Gasteiger partial charge >= 0.3 is 0 Å². The maximum atomic E-state index is 12.9. The molecule has 0 saturated carbocycles. The normalized spacial score (nSPS) is 10.4. The average Bonchev–Trinajstić information content (AvgIpc) is 2.72. The Bertz CT molecular complexity index is 976. The standard InChI is InChI=1S/C22H20ClN3O2/c1-2-26(15-16-7-4-3-5-8-16)22(28)18-11-17(13-24-14-18)21(27)25-20-10-6-9-19(23)12-20/h3-14H,2,15H2,1H3,(H,25,27). The third-order valence-electron chi connectivity index (χ3n) is 4.22. The Labute approximate surface area is 169 Å². The lowest BCUT2D eigenvalue weighted by Gasteiger charge is -2.21. The minimum Gasteiger partial charge on any atom is -0.335 e. The second kappa shape index (κ2) is 9.15. The molecule has 0 saturated heterocycles. The van der Waals surface area contributed by atoms with Crippen molar-refractivity contribution in [2.24, 2.45) is 0 Å². The summed E-state index contributed by atoms with van der Waals surface area (Å²) in [5.74, 6) is -0.521. The average molecular weight is 394 g/mol. The maximum absolute atomic E-state index is 12.9. The Morgan fingerprint density at radius 3 is 2.46 bits per heavy atom. The third kappa shape index (κ3) is 4.96. The number of anilines is 1. The van der Waals surface area contributed by atoms with E-state index in [1.165, 1.54) is 12.4 Å². The van der Waals surface area contributed by atoms with Crippen molar-refractivity contribution in [2.45, 2.75) is 13.5 Å². The van der Waals surface area contributed by atoms with Gasteiger partial charge in [-0.3, -0.25) is 14.6 Å². The van der Waals surface area contributed by atoms with Gasteiger partial charge in [-0.1, -0.05) is 48.0 Å². The van der Waals surface area contributed by atoms with Gasteiger partial charge in [0.1, 0.15) is 0 Å². The second-order valence-electron chi connectivity index (χ2n) is 6.23. The van der Waals surface area contributed by atoms with Crippen molar-refractivity contribution in [1.29, 1.82) is 0 Å². The van der Waals surface area contributed by atoms with Gasteiger partial charge in [-0.25, -0.2) is 0 Å². The first-order valence-corrected chi connectivity index (χ1v) is 9.30. The van der Waals surface area contributed by atoms with Crippen LogP contribution in [0, 0.1) is 0 Å². The molecule has 0 aliphatic carbocycles. The number of hydrogen-bond donors (Lipinski definition) is 1. The fraction of sp³-hybridized carbons (Fsp3) is 0.136. The molecule has 1 N–H and O–H groups in total. The molecule has 2 aromatic carbocycles. The Hall–Kier alpha value is -3.18. The van der Waals surface area contributed by atoms with E-state index in [1.54, 1.807) is 35.2 Å². The van der Waals surface area contributed by atoms with Crippen molar-refractivity contribution < 1.29 is 9.59 Å². The molecule has 142 valence electrons. The summed E-state index contributed by atoms with van der Waals surface area (Å²) >= 11 is 5.94. The van der Waals surface area contributed by atoms with E-state index in [0.29, 0.717) is 34.9 Å². The van der Waals surface area contributed by atoms with Crippen molar-refractivity contribution in [1.82, 2.24) is 9.88 Å². The topological polar surface area (TPSA) is 62.3 Å². The monoisotopic (exact) mass is 393 g/mol. The molecular formula is C22H20ClN3O2. The van der Waals surface area contributed by atoms with Gasteiger partial charge in [0.05, 0.1) is 11.1 Å². The van der Waals surface area contributed by atoms with Crippen LogP contribution in [0.1, 0.15) is 33.2 Å². The molecule has 0 spiro atoms. The van der Waals surface area contributed by atoms with Crippen molar-refractivity contribution >= 4 is 29.1 Å². The van der Waals surface area contributed by atoms with Crippen LogP contribution in [0.25, 0.3) is 0 Å². The summed E-state index contributed by atoms with van der Waals surface area (Å²) in [6, 6.07) is 18.2. The third-order valence-corrected chi connectivity index (χ3v) is 4.45. The first-order valence-electron chi connectivity index (χ1n) is 8.92. The van der Waals surface area contributed by atoms with Gasteiger partial charge in [0, 0.05) is 36.2 Å². The van der Waals surface area contributed by atoms with E-state index in [1.807, 2.05) is 37.3 Å². The van der Waals surface area contributed by atoms with Gasteiger partial charge in [-0.2, -0.15) is 0 Å². The van der Waals surface area contributed by atoms with Gasteiger partial charge in [0.25, 0.3) is 11.8 Å². The molecule has 3 aromatic rings. The minimum atomic E-state index is -0.351. The molecule has 5 nitrogen and oxygen atoms in total.